The van der Waals surface area contributed by atoms with Crippen LogP contribution in [-0.4, -0.2) is 65.0 Å². The summed E-state index contributed by atoms with van der Waals surface area (Å²) < 4.78 is 12.2. The van der Waals surface area contributed by atoms with Gasteiger partial charge in [0.25, 0.3) is 0 Å². The van der Waals surface area contributed by atoms with Crippen LogP contribution in [0, 0.1) is 5.92 Å². The van der Waals surface area contributed by atoms with E-state index in [0.717, 1.165) is 54.7 Å². The monoisotopic (exact) mass is 722 g/mol. The Hall–Kier alpha value is -4.87. The van der Waals surface area contributed by atoms with Crippen LogP contribution in [0.4, 0.5) is 4.79 Å². The highest BCUT2D eigenvalue weighted by molar-refractivity contribution is 6.31. The number of rotatable bonds is 13. The minimum Gasteiger partial charge on any atom is -0.506 e. The van der Waals surface area contributed by atoms with E-state index in [1.54, 1.807) is 12.1 Å². The molecule has 0 radical (unpaired) electrons. The summed E-state index contributed by atoms with van der Waals surface area (Å²) in [7, 11) is 0. The Bertz CT molecular complexity index is 2070. The number of alkyl carbamates (subject to hydrolysis) is 1. The number of benzene rings is 4. The number of aliphatic hydroxyl groups is 1. The molecular weight excluding hydrogens is 680 g/mol. The van der Waals surface area contributed by atoms with E-state index < -0.39 is 18.2 Å². The molecule has 3 aliphatic heterocycles. The fourth-order valence-corrected chi connectivity index (χ4v) is 7.59. The van der Waals surface area contributed by atoms with Gasteiger partial charge in [-0.3, -0.25) is 9.69 Å². The van der Waals surface area contributed by atoms with Crippen molar-refractivity contribution in [2.45, 2.75) is 44.1 Å². The van der Waals surface area contributed by atoms with Crippen molar-refractivity contribution in [3.05, 3.63) is 140 Å². The van der Waals surface area contributed by atoms with Gasteiger partial charge in [-0.2, -0.15) is 0 Å². The van der Waals surface area contributed by atoms with E-state index in [1.165, 1.54) is 12.1 Å². The lowest BCUT2D eigenvalue weighted by Gasteiger charge is -2.43. The highest BCUT2D eigenvalue weighted by Crippen LogP contribution is 2.32. The molecule has 4 heterocycles. The van der Waals surface area contributed by atoms with Gasteiger partial charge in [-0.25, -0.2) is 4.79 Å². The third kappa shape index (κ3) is 8.43. The van der Waals surface area contributed by atoms with Gasteiger partial charge in [0, 0.05) is 29.6 Å². The molecule has 0 unspecified atom stereocenters. The van der Waals surface area contributed by atoms with Crippen molar-refractivity contribution in [1.82, 2.24) is 20.5 Å². The Labute approximate surface area is 307 Å². The molecule has 0 spiro atoms. The summed E-state index contributed by atoms with van der Waals surface area (Å²) in [6, 6.07) is 29.2. The number of hydrogen-bond acceptors (Lipinski definition) is 8. The van der Waals surface area contributed by atoms with Crippen molar-refractivity contribution in [3.8, 4) is 11.5 Å². The molecule has 3 fully saturated rings. The van der Waals surface area contributed by atoms with E-state index in [2.05, 4.69) is 20.5 Å². The Morgan fingerprint density at radius 2 is 1.77 bits per heavy atom. The molecule has 0 aliphatic carbocycles. The number of phenols is 1. The quantitative estimate of drug-likeness (QED) is 0.0902. The smallest absolute Gasteiger partial charge is 0.408 e. The van der Waals surface area contributed by atoms with Gasteiger partial charge in [0.15, 0.2) is 0 Å². The number of aromatic amines is 1. The number of nitrogens with zero attached hydrogens (tertiary/aromatic N) is 1. The number of hydrogen-bond donors (Lipinski definition) is 5. The molecule has 1 amide bonds. The molecule has 3 atom stereocenters. The average molecular weight is 723 g/mol. The normalized spacial score (nSPS) is 19.2. The van der Waals surface area contributed by atoms with Gasteiger partial charge >= 0.3 is 6.09 Å². The van der Waals surface area contributed by atoms with Gasteiger partial charge in [0.2, 0.25) is 5.56 Å². The molecule has 4 aromatic carbocycles. The molecule has 2 bridgehead atoms. The Balaban J connectivity index is 0.932. The number of H-pyrrole nitrogens is 1. The van der Waals surface area contributed by atoms with E-state index in [0.29, 0.717) is 52.7 Å². The van der Waals surface area contributed by atoms with Crippen molar-refractivity contribution in [3.63, 3.8) is 0 Å². The molecule has 5 aromatic rings. The third-order valence-corrected chi connectivity index (χ3v) is 10.5. The minimum atomic E-state index is -0.843. The molecule has 52 heavy (non-hydrogen) atoms. The molecule has 270 valence electrons. The molecule has 8 rings (SSSR count). The molecule has 5 N–H and O–H groups in total. The highest BCUT2D eigenvalue weighted by atomic mass is 35.5. The fraction of sp³-hybridized carbons (Fsp3) is 0.317. The van der Waals surface area contributed by atoms with Gasteiger partial charge in [-0.1, -0.05) is 72.3 Å². The zero-order chi connectivity index (χ0) is 36.0. The molecule has 11 heteroatoms. The Morgan fingerprint density at radius 3 is 2.54 bits per heavy atom. The predicted molar refractivity (Wildman–Crippen MR) is 201 cm³/mol. The second-order valence-electron chi connectivity index (χ2n) is 13.6. The summed E-state index contributed by atoms with van der Waals surface area (Å²) in [6.07, 6.45) is 1.46. The van der Waals surface area contributed by atoms with Crippen molar-refractivity contribution < 1.29 is 24.5 Å². The molecule has 0 saturated carbocycles. The van der Waals surface area contributed by atoms with E-state index in [9.17, 15) is 19.8 Å². The zero-order valence-electron chi connectivity index (χ0n) is 28.8. The van der Waals surface area contributed by atoms with Gasteiger partial charge < -0.3 is 35.3 Å². The Morgan fingerprint density at radius 1 is 0.962 bits per heavy atom. The summed E-state index contributed by atoms with van der Waals surface area (Å²) in [5.41, 5.74) is 4.30. The van der Waals surface area contributed by atoms with Crippen LogP contribution in [0.2, 0.25) is 5.02 Å². The summed E-state index contributed by atoms with van der Waals surface area (Å²) in [5.74, 6) is 1.05. The number of aromatic nitrogens is 1. The number of phenolic OH excluding ortho intramolecular Hbond substituents is 1. The van der Waals surface area contributed by atoms with Gasteiger partial charge in [0.05, 0.1) is 17.7 Å². The van der Waals surface area contributed by atoms with E-state index in [-0.39, 0.29) is 24.0 Å². The summed E-state index contributed by atoms with van der Waals surface area (Å²) in [6.45, 7) is 4.14. The van der Waals surface area contributed by atoms with Crippen LogP contribution in [0.25, 0.3) is 10.9 Å². The third-order valence-electron chi connectivity index (χ3n) is 10.1. The molecular formula is C41H43ClN4O6. The maximum atomic E-state index is 13.2. The van der Waals surface area contributed by atoms with Gasteiger partial charge in [-0.15, -0.1) is 0 Å². The first kappa shape index (κ1) is 35.5. The second-order valence-corrected chi connectivity index (χ2v) is 14.0. The largest absolute Gasteiger partial charge is 0.506 e. The number of nitrogens with one attached hydrogen (secondary N) is 3. The molecule has 10 nitrogen and oxygen atoms in total. The van der Waals surface area contributed by atoms with Gasteiger partial charge in [-0.05, 0) is 103 Å². The average Bonchev–Trinajstić information content (AvgIpc) is 3.16. The lowest BCUT2D eigenvalue weighted by Crippen LogP contribution is -2.52. The number of carbonyl (C=O) groups excluding carboxylic acids is 1. The lowest BCUT2D eigenvalue weighted by atomic mass is 9.86. The standard InChI is InChI=1S/C41H43ClN4O6/c42-34-21-26(9-10-27(34)15-18-43-23-36(48)32-11-13-35(47)40-33(32)12-14-38(49)44-40)25-51-31-8-4-7-30(22-31)39(29-5-2-1-3-6-29)45-41(50)52-37-24-46-19-16-28(37)17-20-46/h1-14,21-22,28,36-37,39,43,47-48H,15-20,23-25H2,(H,44,49)(H,45,50)/t36-,37-,39-/m0/s1. The summed E-state index contributed by atoms with van der Waals surface area (Å²) >= 11 is 6.67. The van der Waals surface area contributed by atoms with Crippen LogP contribution in [0.1, 0.15) is 52.8 Å². The number of carbonyl (C=O) groups is 1. The predicted octanol–water partition coefficient (Wildman–Crippen LogP) is 6.24. The maximum Gasteiger partial charge on any atom is 0.408 e. The van der Waals surface area contributed by atoms with Crippen molar-refractivity contribution in [1.29, 1.82) is 0 Å². The lowest BCUT2D eigenvalue weighted by molar-refractivity contribution is -0.0336. The van der Waals surface area contributed by atoms with Gasteiger partial charge in [0.1, 0.15) is 24.2 Å². The second kappa shape index (κ2) is 16.2. The van der Waals surface area contributed by atoms with Crippen molar-refractivity contribution >= 4 is 28.6 Å². The number of aromatic hydroxyl groups is 1. The first-order valence-corrected chi connectivity index (χ1v) is 18.2. The van der Waals surface area contributed by atoms with Crippen molar-refractivity contribution in [2.24, 2.45) is 5.92 Å². The number of fused-ring (bicyclic) bond motifs is 4. The molecule has 3 aliphatic rings. The van der Waals surface area contributed by atoms with E-state index in [4.69, 9.17) is 21.1 Å². The summed E-state index contributed by atoms with van der Waals surface area (Å²) in [4.78, 5) is 29.9. The number of amides is 1. The van der Waals surface area contributed by atoms with Crippen LogP contribution in [0.15, 0.2) is 102 Å². The zero-order valence-corrected chi connectivity index (χ0v) is 29.5. The SMILES string of the molecule is O=C(N[C@@H](c1ccccc1)c1cccc(OCc2ccc(CCNC[C@H](O)c3ccc(O)c4[nH]c(=O)ccc34)c(Cl)c2)c1)O[C@H]1CN2CCC1CC2. The number of aliphatic hydroxyl groups excluding tert-OH is 1. The van der Waals surface area contributed by atoms with Crippen LogP contribution in [-0.2, 0) is 17.8 Å². The van der Waals surface area contributed by atoms with E-state index >= 15 is 0 Å². The van der Waals surface area contributed by atoms with E-state index in [1.807, 2.05) is 72.8 Å². The number of pyridine rings is 1. The molecule has 3 saturated heterocycles. The fourth-order valence-electron chi connectivity index (χ4n) is 7.29. The van der Waals surface area contributed by atoms with Crippen LogP contribution in [0.3, 0.4) is 0 Å². The van der Waals surface area contributed by atoms with Crippen molar-refractivity contribution in [2.75, 3.05) is 32.7 Å². The highest BCUT2D eigenvalue weighted by Gasteiger charge is 2.37. The van der Waals surface area contributed by atoms with Crippen LogP contribution < -0.4 is 20.9 Å². The van der Waals surface area contributed by atoms with Crippen LogP contribution in [0.5, 0.6) is 11.5 Å². The summed E-state index contributed by atoms with van der Waals surface area (Å²) in [5, 5.41) is 28.6. The minimum absolute atomic E-state index is 0.0453. The number of halogens is 1. The number of piperidine rings is 3. The first-order valence-electron chi connectivity index (χ1n) is 17.8. The Kier molecular flexibility index (Phi) is 11.1. The first-order chi connectivity index (χ1) is 25.3. The number of ether oxygens (including phenoxy) is 2. The topological polar surface area (TPSA) is 136 Å². The maximum absolute atomic E-state index is 13.2. The van der Waals surface area contributed by atoms with Crippen LogP contribution >= 0.6 is 11.6 Å². The molecule has 1 aromatic heterocycles.